The first kappa shape index (κ1) is 99.5. The number of phosphoric ester groups is 2. The zero-order valence-corrected chi connectivity index (χ0v) is 67.2. The van der Waals surface area contributed by atoms with E-state index in [9.17, 15) is 43.2 Å². The lowest BCUT2D eigenvalue weighted by Gasteiger charge is -2.21. The fraction of sp³-hybridized carbons (Fsp3) is 0.718. The summed E-state index contributed by atoms with van der Waals surface area (Å²) in [6.45, 7) is 4.63. The van der Waals surface area contributed by atoms with Gasteiger partial charge in [-0.25, -0.2) is 9.13 Å². The van der Waals surface area contributed by atoms with Crippen LogP contribution in [-0.4, -0.2) is 96.7 Å². The van der Waals surface area contributed by atoms with Crippen LogP contribution in [-0.2, 0) is 65.4 Å². The van der Waals surface area contributed by atoms with Crippen molar-refractivity contribution in [2.24, 2.45) is 0 Å². The van der Waals surface area contributed by atoms with Gasteiger partial charge in [-0.2, -0.15) is 0 Å². The van der Waals surface area contributed by atoms with Gasteiger partial charge in [0.05, 0.1) is 26.4 Å². The molecule has 0 aromatic carbocycles. The molecule has 598 valence electrons. The highest BCUT2D eigenvalue weighted by Gasteiger charge is 2.30. The number of esters is 4. The van der Waals surface area contributed by atoms with Crippen molar-refractivity contribution in [3.05, 3.63) is 122 Å². The first-order chi connectivity index (χ1) is 50.7. The van der Waals surface area contributed by atoms with E-state index in [1.165, 1.54) is 70.6 Å². The number of carbonyl (C=O) groups excluding carboxylic acids is 4. The standard InChI is InChI=1S/C85H146O17P2/c1-5-9-13-17-21-25-29-33-35-37-39-41-43-47-49-53-57-61-65-69-82(87)95-75-80(101-84(89)71-67-63-59-55-51-45-31-27-23-19-15-11-7-3)77-99-103(91,92)97-73-79(86)74-98-104(93,94)100-78-81(102-85(90)72-68-64-60-56-52-46-32-28-24-20-16-12-8-4)76-96-83(88)70-66-62-58-54-50-48-44-42-40-38-36-34-30-26-22-18-14-10-6-2/h9,13,16,20-22,25-26,28,32-36,39-42,47,49,79-81,86H,5-8,10-12,14-15,17-19,23-24,27,29-31,37-38,43-46,48,50-78H2,1-4H3,(H,91,92)(H,93,94)/b13-9-,20-16-,25-21-,26-22-,32-28-,35-33-,36-34-,41-39-,42-40-,49-47-. The number of phosphoric acid groups is 2. The Morgan fingerprint density at radius 3 is 0.837 bits per heavy atom. The molecule has 0 rings (SSSR count). The minimum Gasteiger partial charge on any atom is -0.462 e. The molecule has 3 N–H and O–H groups in total. The Labute approximate surface area is 632 Å². The first-order valence-corrected chi connectivity index (χ1v) is 43.8. The minimum absolute atomic E-state index is 0.0739. The third kappa shape index (κ3) is 75.7. The number of rotatable bonds is 76. The van der Waals surface area contributed by atoms with E-state index >= 15 is 0 Å². The molecule has 0 radical (unpaired) electrons. The molecule has 0 aliphatic carbocycles. The molecule has 0 fully saturated rings. The third-order valence-corrected chi connectivity index (χ3v) is 18.8. The lowest BCUT2D eigenvalue weighted by molar-refractivity contribution is -0.161. The number of aliphatic hydroxyl groups is 1. The molecule has 0 aliphatic rings. The number of carbonyl (C=O) groups is 4. The fourth-order valence-corrected chi connectivity index (χ4v) is 12.3. The Balaban J connectivity index is 5.36. The van der Waals surface area contributed by atoms with Crippen molar-refractivity contribution < 1.29 is 80.2 Å². The summed E-state index contributed by atoms with van der Waals surface area (Å²) in [5.41, 5.74) is 0. The molecule has 19 heteroatoms. The van der Waals surface area contributed by atoms with Gasteiger partial charge in [0.15, 0.2) is 12.2 Å². The highest BCUT2D eigenvalue weighted by Crippen LogP contribution is 2.45. The Kier molecular flexibility index (Phi) is 73.3. The average molecular weight is 1500 g/mol. The lowest BCUT2D eigenvalue weighted by Crippen LogP contribution is -2.30. The van der Waals surface area contributed by atoms with Crippen molar-refractivity contribution >= 4 is 39.5 Å². The largest absolute Gasteiger partial charge is 0.472 e. The van der Waals surface area contributed by atoms with Crippen LogP contribution < -0.4 is 0 Å². The van der Waals surface area contributed by atoms with Gasteiger partial charge in [0, 0.05) is 25.7 Å². The Morgan fingerprint density at radius 1 is 0.279 bits per heavy atom. The molecule has 0 saturated carbocycles. The molecule has 5 atom stereocenters. The molecule has 0 aromatic heterocycles. The molecule has 0 heterocycles. The molecule has 0 aromatic rings. The maximum atomic E-state index is 13.1. The zero-order chi connectivity index (χ0) is 76.0. The summed E-state index contributed by atoms with van der Waals surface area (Å²) >= 11 is 0. The number of ether oxygens (including phenoxy) is 4. The van der Waals surface area contributed by atoms with E-state index in [1.807, 2.05) is 0 Å². The zero-order valence-electron chi connectivity index (χ0n) is 65.4. The molecule has 0 spiro atoms. The van der Waals surface area contributed by atoms with E-state index in [0.29, 0.717) is 25.7 Å². The van der Waals surface area contributed by atoms with Crippen LogP contribution in [0.5, 0.6) is 0 Å². The Morgan fingerprint density at radius 2 is 0.519 bits per heavy atom. The van der Waals surface area contributed by atoms with E-state index < -0.39 is 97.5 Å². The summed E-state index contributed by atoms with van der Waals surface area (Å²) in [4.78, 5) is 73.0. The molecule has 0 aliphatic heterocycles. The maximum absolute atomic E-state index is 13.1. The van der Waals surface area contributed by atoms with Crippen LogP contribution >= 0.6 is 15.6 Å². The lowest BCUT2D eigenvalue weighted by atomic mass is 10.0. The molecule has 104 heavy (non-hydrogen) atoms. The molecular weight excluding hydrogens is 1350 g/mol. The number of hydrogen-bond donors (Lipinski definition) is 3. The smallest absolute Gasteiger partial charge is 0.462 e. The van der Waals surface area contributed by atoms with E-state index in [-0.39, 0.29) is 25.7 Å². The third-order valence-electron chi connectivity index (χ3n) is 16.9. The Bertz CT molecular complexity index is 2440. The molecule has 0 amide bonds. The van der Waals surface area contributed by atoms with Crippen LogP contribution in [0.15, 0.2) is 122 Å². The first-order valence-electron chi connectivity index (χ1n) is 40.8. The average Bonchev–Trinajstić information content (AvgIpc) is 0.913. The number of hydrogen-bond acceptors (Lipinski definition) is 15. The minimum atomic E-state index is -4.99. The predicted octanol–water partition coefficient (Wildman–Crippen LogP) is 23.9. The topological polar surface area (TPSA) is 237 Å². The van der Waals surface area contributed by atoms with Gasteiger partial charge in [0.25, 0.3) is 0 Å². The molecule has 0 saturated heterocycles. The van der Waals surface area contributed by atoms with E-state index in [0.717, 1.165) is 186 Å². The number of aliphatic hydroxyl groups excluding tert-OH is 1. The fourth-order valence-electron chi connectivity index (χ4n) is 10.7. The van der Waals surface area contributed by atoms with Crippen LogP contribution in [0.1, 0.15) is 336 Å². The molecular formula is C85H146O17P2. The van der Waals surface area contributed by atoms with Crippen LogP contribution in [0.25, 0.3) is 0 Å². The molecule has 0 bridgehead atoms. The van der Waals surface area contributed by atoms with Crippen LogP contribution in [0.2, 0.25) is 0 Å². The van der Waals surface area contributed by atoms with Crippen molar-refractivity contribution in [1.82, 2.24) is 0 Å². The van der Waals surface area contributed by atoms with Crippen molar-refractivity contribution in [2.75, 3.05) is 39.6 Å². The van der Waals surface area contributed by atoms with Crippen molar-refractivity contribution in [3.63, 3.8) is 0 Å². The number of allylic oxidation sites excluding steroid dienone is 20. The van der Waals surface area contributed by atoms with Crippen LogP contribution in [0.4, 0.5) is 0 Å². The second-order valence-corrected chi connectivity index (χ2v) is 29.9. The van der Waals surface area contributed by atoms with Gasteiger partial charge in [0.1, 0.15) is 19.3 Å². The quantitative estimate of drug-likeness (QED) is 0.0169. The van der Waals surface area contributed by atoms with Crippen molar-refractivity contribution in [2.45, 2.75) is 354 Å². The van der Waals surface area contributed by atoms with Crippen LogP contribution in [0, 0.1) is 0 Å². The molecule has 17 nitrogen and oxygen atoms in total. The van der Waals surface area contributed by atoms with Gasteiger partial charge in [0.2, 0.25) is 0 Å². The van der Waals surface area contributed by atoms with E-state index in [4.69, 9.17) is 37.0 Å². The SMILES string of the molecule is CC/C=C\C/C=C\C/C=C\C/C=C\C/C=C\CCCCCC(=O)OCC(COP(=O)(O)OCC(O)COP(=O)(O)OCC(COC(=O)CCCCCCCC/C=C\C/C=C\C/C=C\CCCCC)OC(=O)CCCCCCC/C=C\C/C=C\CCC)OC(=O)CCCCCCCCCCCCCCC. The highest BCUT2D eigenvalue weighted by molar-refractivity contribution is 7.47. The summed E-state index contributed by atoms with van der Waals surface area (Å²) in [5, 5.41) is 10.6. The summed E-state index contributed by atoms with van der Waals surface area (Å²) in [6.07, 6.45) is 84.6. The second-order valence-electron chi connectivity index (χ2n) is 27.0. The number of unbranched alkanes of at least 4 members (excludes halogenated alkanes) is 30. The predicted molar refractivity (Wildman–Crippen MR) is 427 cm³/mol. The summed E-state index contributed by atoms with van der Waals surface area (Å²) < 4.78 is 68.6. The normalized spacial score (nSPS) is 14.5. The van der Waals surface area contributed by atoms with Gasteiger partial charge >= 0.3 is 39.5 Å². The summed E-state index contributed by atoms with van der Waals surface area (Å²) in [6, 6.07) is 0. The van der Waals surface area contributed by atoms with Gasteiger partial charge in [-0.1, -0.05) is 297 Å². The van der Waals surface area contributed by atoms with Gasteiger partial charge < -0.3 is 33.8 Å². The van der Waals surface area contributed by atoms with Gasteiger partial charge in [-0.15, -0.1) is 0 Å². The monoisotopic (exact) mass is 1500 g/mol. The van der Waals surface area contributed by atoms with E-state index in [2.05, 4.69) is 149 Å². The summed E-state index contributed by atoms with van der Waals surface area (Å²) in [5.74, 6) is -2.23. The highest BCUT2D eigenvalue weighted by atomic mass is 31.2. The van der Waals surface area contributed by atoms with Crippen molar-refractivity contribution in [1.29, 1.82) is 0 Å². The van der Waals surface area contributed by atoms with Crippen LogP contribution in [0.3, 0.4) is 0 Å². The summed E-state index contributed by atoms with van der Waals surface area (Å²) in [7, 11) is -9.97. The van der Waals surface area contributed by atoms with Gasteiger partial charge in [-0.3, -0.25) is 37.3 Å². The maximum Gasteiger partial charge on any atom is 0.472 e. The van der Waals surface area contributed by atoms with E-state index in [1.54, 1.807) is 0 Å². The van der Waals surface area contributed by atoms with Crippen molar-refractivity contribution in [3.8, 4) is 0 Å². The molecule has 5 unspecified atom stereocenters. The second kappa shape index (κ2) is 76.6. The van der Waals surface area contributed by atoms with Gasteiger partial charge in [-0.05, 0) is 135 Å². The Hall–Kier alpha value is -4.54.